The van der Waals surface area contributed by atoms with Gasteiger partial charge < -0.3 is 0 Å². The minimum atomic E-state index is -3.89. The third kappa shape index (κ3) is 11.6. The van der Waals surface area contributed by atoms with Crippen molar-refractivity contribution in [2.75, 3.05) is 0 Å². The van der Waals surface area contributed by atoms with Gasteiger partial charge in [-0.2, -0.15) is 0 Å². The van der Waals surface area contributed by atoms with Gasteiger partial charge in [-0.1, -0.05) is 22.0 Å². The molecule has 0 fully saturated rings. The molecular formula is C18H12BrCl3FNO8S3. The van der Waals surface area contributed by atoms with E-state index < -0.39 is 37.9 Å². The topological polar surface area (TPSA) is 146 Å². The Morgan fingerprint density at radius 1 is 0.686 bits per heavy atom. The van der Waals surface area contributed by atoms with E-state index in [-0.39, 0.29) is 20.4 Å². The molecular weight excluding hydrogens is 660 g/mol. The van der Waals surface area contributed by atoms with E-state index in [1.807, 2.05) is 0 Å². The summed E-state index contributed by atoms with van der Waals surface area (Å²) in [6.07, 6.45) is 0. The van der Waals surface area contributed by atoms with Crippen molar-refractivity contribution in [1.29, 1.82) is 0 Å². The molecule has 0 aliphatic heterocycles. The van der Waals surface area contributed by atoms with Gasteiger partial charge in [-0.05, 0) is 54.6 Å². The van der Waals surface area contributed by atoms with Crippen LogP contribution in [0.5, 0.6) is 0 Å². The molecule has 0 aliphatic rings. The summed E-state index contributed by atoms with van der Waals surface area (Å²) >= 11 is 3.17. The van der Waals surface area contributed by atoms with Crippen LogP contribution in [0.15, 0.2) is 92.0 Å². The molecule has 0 saturated carbocycles. The minimum Gasteiger partial charge on any atom is -0.258 e. The highest BCUT2D eigenvalue weighted by Gasteiger charge is 2.14. The van der Waals surface area contributed by atoms with E-state index in [0.29, 0.717) is 0 Å². The summed E-state index contributed by atoms with van der Waals surface area (Å²) in [6, 6.07) is 14.9. The highest BCUT2D eigenvalue weighted by atomic mass is 79.9. The Balaban J connectivity index is 0.000000264. The van der Waals surface area contributed by atoms with Gasteiger partial charge in [-0.3, -0.25) is 10.1 Å². The second kappa shape index (κ2) is 12.9. The Kier molecular flexibility index (Phi) is 11.5. The molecule has 0 bridgehead atoms. The molecule has 3 aromatic rings. The normalized spacial score (nSPS) is 11.3. The van der Waals surface area contributed by atoms with Gasteiger partial charge in [0.1, 0.15) is 5.82 Å². The molecule has 0 aliphatic carbocycles. The van der Waals surface area contributed by atoms with E-state index in [9.17, 15) is 39.8 Å². The van der Waals surface area contributed by atoms with Crippen molar-refractivity contribution in [3.05, 3.63) is 93.2 Å². The SMILES string of the molecule is O=S(=O)(Cl)c1ccc(Br)cc1.O=S(=O)(Cl)c1ccc(F)cc1.O=[N+]([O-])c1cccc(S(=O)(=O)Cl)c1. The Morgan fingerprint density at radius 3 is 1.46 bits per heavy atom. The lowest BCUT2D eigenvalue weighted by Crippen LogP contribution is -1.93. The molecule has 0 spiro atoms. The van der Waals surface area contributed by atoms with Crippen LogP contribution in [-0.4, -0.2) is 30.2 Å². The fraction of sp³-hybridized carbons (Fsp3) is 0. The molecule has 3 rings (SSSR count). The standard InChI is InChI=1S/C6H4BrClO2S.C6H4ClFO2S.C6H4ClNO4S/c7-5-1-3-6(4-2-5)11(8,9)10;7-11(9,10)6-3-1-5(8)2-4-6;7-13(11,12)6-3-1-2-5(4-6)8(9)10/h2*1-4H;1-4H. The zero-order chi connectivity index (χ0) is 27.0. The summed E-state index contributed by atoms with van der Waals surface area (Å²) in [6.45, 7) is 0. The van der Waals surface area contributed by atoms with Gasteiger partial charge in [0.25, 0.3) is 32.8 Å². The molecule has 190 valence electrons. The van der Waals surface area contributed by atoms with Crippen molar-refractivity contribution < 1.29 is 34.6 Å². The molecule has 0 N–H and O–H groups in total. The van der Waals surface area contributed by atoms with Crippen LogP contribution in [0.2, 0.25) is 0 Å². The van der Waals surface area contributed by atoms with Crippen LogP contribution in [0.4, 0.5) is 10.1 Å². The molecule has 0 amide bonds. The Morgan fingerprint density at radius 2 is 1.09 bits per heavy atom. The number of hydrogen-bond donors (Lipinski definition) is 0. The van der Waals surface area contributed by atoms with Gasteiger partial charge >= 0.3 is 0 Å². The van der Waals surface area contributed by atoms with E-state index >= 15 is 0 Å². The number of halogens is 5. The Hall–Kier alpha value is -1.81. The summed E-state index contributed by atoms with van der Waals surface area (Å²) in [5, 5.41) is 10.2. The first-order valence-electron chi connectivity index (χ1n) is 8.51. The van der Waals surface area contributed by atoms with Crippen molar-refractivity contribution in [2.24, 2.45) is 0 Å². The lowest BCUT2D eigenvalue weighted by atomic mass is 10.3. The third-order valence-electron chi connectivity index (χ3n) is 3.50. The average Bonchev–Trinajstić information content (AvgIpc) is 2.73. The molecule has 0 unspecified atom stereocenters. The van der Waals surface area contributed by atoms with Gasteiger partial charge in [0.2, 0.25) is 0 Å². The number of nitro groups is 1. The zero-order valence-corrected chi connectivity index (χ0v) is 23.1. The van der Waals surface area contributed by atoms with Gasteiger partial charge in [0.05, 0.1) is 19.6 Å². The molecule has 17 heteroatoms. The first kappa shape index (κ1) is 31.2. The fourth-order valence-electron chi connectivity index (χ4n) is 1.94. The van der Waals surface area contributed by atoms with Gasteiger partial charge in [0, 0.05) is 48.7 Å². The largest absolute Gasteiger partial charge is 0.270 e. The maximum Gasteiger partial charge on any atom is 0.270 e. The lowest BCUT2D eigenvalue weighted by Gasteiger charge is -1.94. The quantitative estimate of drug-likeness (QED) is 0.197. The van der Waals surface area contributed by atoms with Crippen LogP contribution in [0.3, 0.4) is 0 Å². The molecule has 0 radical (unpaired) electrons. The van der Waals surface area contributed by atoms with Crippen molar-refractivity contribution in [3.8, 4) is 0 Å². The van der Waals surface area contributed by atoms with Crippen molar-refractivity contribution in [1.82, 2.24) is 0 Å². The van der Waals surface area contributed by atoms with Crippen molar-refractivity contribution >= 4 is 80.8 Å². The number of nitrogens with zero attached hydrogens (tertiary/aromatic N) is 1. The van der Waals surface area contributed by atoms with Crippen LogP contribution in [0.25, 0.3) is 0 Å². The second-order valence-corrected chi connectivity index (χ2v) is 14.6. The number of benzene rings is 3. The minimum absolute atomic E-state index is 0.0967. The number of nitro benzene ring substituents is 1. The maximum atomic E-state index is 12.2. The maximum absolute atomic E-state index is 12.2. The van der Waals surface area contributed by atoms with Crippen LogP contribution in [0.1, 0.15) is 0 Å². The van der Waals surface area contributed by atoms with Gasteiger partial charge in [-0.15, -0.1) is 0 Å². The van der Waals surface area contributed by atoms with Crippen molar-refractivity contribution in [2.45, 2.75) is 14.7 Å². The van der Waals surface area contributed by atoms with Crippen LogP contribution < -0.4 is 0 Å². The molecule has 35 heavy (non-hydrogen) atoms. The monoisotopic (exact) mass is 669 g/mol. The summed E-state index contributed by atoms with van der Waals surface area (Å²) in [5.74, 6) is -0.492. The fourth-order valence-corrected chi connectivity index (χ4v) is 4.54. The van der Waals surface area contributed by atoms with E-state index in [0.717, 1.165) is 34.8 Å². The number of hydrogen-bond acceptors (Lipinski definition) is 8. The van der Waals surface area contributed by atoms with E-state index in [1.165, 1.54) is 30.3 Å². The van der Waals surface area contributed by atoms with E-state index in [2.05, 4.69) is 15.9 Å². The first-order chi connectivity index (χ1) is 15.9. The highest BCUT2D eigenvalue weighted by Crippen LogP contribution is 2.20. The van der Waals surface area contributed by atoms with Gasteiger partial charge in [-0.25, -0.2) is 29.6 Å². The molecule has 9 nitrogen and oxygen atoms in total. The predicted molar refractivity (Wildman–Crippen MR) is 133 cm³/mol. The Bertz CT molecular complexity index is 1430. The smallest absolute Gasteiger partial charge is 0.258 e. The van der Waals surface area contributed by atoms with Crippen LogP contribution >= 0.6 is 48.0 Å². The molecule has 0 heterocycles. The Labute approximate surface area is 222 Å². The van der Waals surface area contributed by atoms with Crippen molar-refractivity contribution in [3.63, 3.8) is 0 Å². The predicted octanol–water partition coefficient (Wildman–Crippen LogP) is 5.65. The summed E-state index contributed by atoms with van der Waals surface area (Å²) in [4.78, 5) is 9.30. The molecule has 0 aromatic heterocycles. The highest BCUT2D eigenvalue weighted by molar-refractivity contribution is 9.10. The van der Waals surface area contributed by atoms with E-state index in [1.54, 1.807) is 12.1 Å². The van der Waals surface area contributed by atoms with E-state index in [4.69, 9.17) is 32.0 Å². The summed E-state index contributed by atoms with van der Waals surface area (Å²) in [7, 11) is 3.84. The molecule has 3 aromatic carbocycles. The first-order valence-corrected chi connectivity index (χ1v) is 16.2. The number of non-ortho nitro benzene ring substituents is 1. The summed E-state index contributed by atoms with van der Waals surface area (Å²) < 4.78 is 77.1. The zero-order valence-electron chi connectivity index (χ0n) is 16.8. The third-order valence-corrected chi connectivity index (χ3v) is 8.12. The lowest BCUT2D eigenvalue weighted by molar-refractivity contribution is -0.385. The van der Waals surface area contributed by atoms with Crippen LogP contribution in [-0.2, 0) is 27.2 Å². The molecule has 0 saturated heterocycles. The number of rotatable bonds is 4. The summed E-state index contributed by atoms with van der Waals surface area (Å²) in [5.41, 5.74) is -0.304. The second-order valence-electron chi connectivity index (χ2n) is 5.98. The van der Waals surface area contributed by atoms with Gasteiger partial charge in [0.15, 0.2) is 0 Å². The molecule has 0 atom stereocenters. The average molecular weight is 672 g/mol. The van der Waals surface area contributed by atoms with Crippen LogP contribution in [0, 0.1) is 15.9 Å².